The number of hydrogen-bond donors (Lipinski definition) is 0. The molecule has 0 bridgehead atoms. The van der Waals surface area contributed by atoms with E-state index >= 15 is 0 Å². The fourth-order valence-electron chi connectivity index (χ4n) is 1.46. The van der Waals surface area contributed by atoms with Crippen molar-refractivity contribution in [3.05, 3.63) is 34.9 Å². The van der Waals surface area contributed by atoms with Gasteiger partial charge in [0.05, 0.1) is 0 Å². The van der Waals surface area contributed by atoms with E-state index in [1.807, 2.05) is 0 Å². The molecule has 74 valence electrons. The van der Waals surface area contributed by atoms with Gasteiger partial charge in [0, 0.05) is 0 Å². The molecule has 1 aromatic carbocycles. The lowest BCUT2D eigenvalue weighted by Crippen LogP contribution is -1.89. The van der Waals surface area contributed by atoms with Crippen LogP contribution < -0.4 is 0 Å². The number of benzene rings is 1. The van der Waals surface area contributed by atoms with Crippen LogP contribution in [-0.4, -0.2) is 0 Å². The molecule has 0 saturated heterocycles. The van der Waals surface area contributed by atoms with Crippen LogP contribution in [0, 0.1) is 13.8 Å². The average molecular weight is 217 g/mol. The summed E-state index contributed by atoms with van der Waals surface area (Å²) in [7, 11) is 2.89. The summed E-state index contributed by atoms with van der Waals surface area (Å²) in [4.78, 5) is 0. The molecule has 0 spiro atoms. The molecular weight excluding hydrogens is 199 g/mol. The Morgan fingerprint density at radius 2 is 1.62 bits per heavy atom. The molecule has 2 heteroatoms. The predicted molar refractivity (Wildman–Crippen MR) is 65.9 cm³/mol. The first kappa shape index (κ1) is 12.9. The smallest absolute Gasteiger partial charge is 0.00170 e. The first-order valence-electron chi connectivity index (χ1n) is 4.47. The summed E-state index contributed by atoms with van der Waals surface area (Å²) < 4.78 is 0. The first-order chi connectivity index (χ1) is 5.63. The summed E-state index contributed by atoms with van der Waals surface area (Å²) in [5.41, 5.74) is 4.79. The molecular formula is C11H18ClP. The summed E-state index contributed by atoms with van der Waals surface area (Å²) in [6.45, 7) is 6.53. The van der Waals surface area contributed by atoms with Crippen LogP contribution in [0.15, 0.2) is 18.2 Å². The zero-order valence-electron chi connectivity index (χ0n) is 8.50. The molecule has 2 unspecified atom stereocenters. The van der Waals surface area contributed by atoms with E-state index in [0.29, 0.717) is 5.66 Å². The van der Waals surface area contributed by atoms with E-state index in [-0.39, 0.29) is 12.4 Å². The molecule has 13 heavy (non-hydrogen) atoms. The number of rotatable bonds is 2. The molecule has 0 radical (unpaired) electrons. The second-order valence-corrected chi connectivity index (χ2v) is 4.24. The molecule has 1 aromatic rings. The summed E-state index contributed by atoms with van der Waals surface area (Å²) in [5.74, 6) is 0. The van der Waals surface area contributed by atoms with E-state index < -0.39 is 0 Å². The summed E-state index contributed by atoms with van der Waals surface area (Å²) in [5, 5.41) is 0. The first-order valence-corrected chi connectivity index (χ1v) is 5.14. The van der Waals surface area contributed by atoms with Crippen LogP contribution in [-0.2, 0) is 0 Å². The maximum Gasteiger partial charge on any atom is -0.00170 e. The highest BCUT2D eigenvalue weighted by Crippen LogP contribution is 2.27. The second-order valence-electron chi connectivity index (χ2n) is 3.44. The largest absolute Gasteiger partial charge is 0.147 e. The normalized spacial score (nSPS) is 12.0. The lowest BCUT2D eigenvalue weighted by Gasteiger charge is -2.10. The zero-order chi connectivity index (χ0) is 9.14. The molecule has 0 aliphatic heterocycles. The zero-order valence-corrected chi connectivity index (χ0v) is 10.5. The van der Waals surface area contributed by atoms with Crippen LogP contribution >= 0.6 is 21.6 Å². The van der Waals surface area contributed by atoms with Gasteiger partial charge >= 0.3 is 0 Å². The monoisotopic (exact) mass is 216 g/mol. The number of aryl methyl sites for hydroxylation is 2. The molecule has 0 fully saturated rings. The van der Waals surface area contributed by atoms with Crippen molar-refractivity contribution in [3.63, 3.8) is 0 Å². The highest BCUT2D eigenvalue weighted by atomic mass is 35.5. The lowest BCUT2D eigenvalue weighted by molar-refractivity contribution is 0.893. The van der Waals surface area contributed by atoms with Crippen molar-refractivity contribution in [1.29, 1.82) is 0 Å². The quantitative estimate of drug-likeness (QED) is 0.655. The summed E-state index contributed by atoms with van der Waals surface area (Å²) in [6.07, 6.45) is 1.19. The molecule has 0 aromatic heterocycles. The van der Waals surface area contributed by atoms with E-state index in [9.17, 15) is 0 Å². The van der Waals surface area contributed by atoms with Crippen molar-refractivity contribution >= 4 is 21.6 Å². The van der Waals surface area contributed by atoms with Crippen molar-refractivity contribution in [2.24, 2.45) is 0 Å². The van der Waals surface area contributed by atoms with E-state index in [1.165, 1.54) is 23.1 Å². The van der Waals surface area contributed by atoms with Crippen LogP contribution in [0.5, 0.6) is 0 Å². The minimum absolute atomic E-state index is 0. The number of hydrogen-bond acceptors (Lipinski definition) is 0. The molecule has 0 aliphatic rings. The fourth-order valence-corrected chi connectivity index (χ4v) is 1.65. The van der Waals surface area contributed by atoms with Crippen molar-refractivity contribution in [2.75, 3.05) is 0 Å². The average Bonchev–Trinajstić information content (AvgIpc) is 2.01. The fraction of sp³-hybridized carbons (Fsp3) is 0.455. The standard InChI is InChI=1S/C11H17P.ClH/c1-4-11(12)10-6-8(2)5-9(3)7-10;/h5-7,11H,4,12H2,1-3H3;1H. The summed E-state index contributed by atoms with van der Waals surface area (Å²) in [6, 6.07) is 6.76. The lowest BCUT2D eigenvalue weighted by atomic mass is 10.0. The van der Waals surface area contributed by atoms with E-state index in [2.05, 4.69) is 48.2 Å². The third-order valence-corrected chi connectivity index (χ3v) is 2.97. The predicted octanol–water partition coefficient (Wildman–Crippen LogP) is 4.05. The molecule has 0 aliphatic carbocycles. The van der Waals surface area contributed by atoms with E-state index in [4.69, 9.17) is 0 Å². The van der Waals surface area contributed by atoms with Gasteiger partial charge in [-0.25, -0.2) is 0 Å². The Morgan fingerprint density at radius 1 is 1.15 bits per heavy atom. The Kier molecular flexibility index (Phi) is 5.60. The Morgan fingerprint density at radius 3 is 2.00 bits per heavy atom. The van der Waals surface area contributed by atoms with Crippen LogP contribution in [0.1, 0.15) is 35.7 Å². The third kappa shape index (κ3) is 3.67. The van der Waals surface area contributed by atoms with Gasteiger partial charge in [-0.3, -0.25) is 0 Å². The maximum absolute atomic E-state index is 2.89. The van der Waals surface area contributed by atoms with Crippen LogP contribution in [0.25, 0.3) is 0 Å². The van der Waals surface area contributed by atoms with Gasteiger partial charge in [-0.2, -0.15) is 0 Å². The van der Waals surface area contributed by atoms with Gasteiger partial charge in [0.2, 0.25) is 0 Å². The highest BCUT2D eigenvalue weighted by molar-refractivity contribution is 7.17. The molecule has 2 atom stereocenters. The Balaban J connectivity index is 0.00000144. The van der Waals surface area contributed by atoms with E-state index in [1.54, 1.807) is 0 Å². The molecule has 0 heterocycles. The third-order valence-electron chi connectivity index (χ3n) is 2.11. The van der Waals surface area contributed by atoms with Crippen molar-refractivity contribution in [1.82, 2.24) is 0 Å². The second kappa shape index (κ2) is 5.62. The minimum atomic E-state index is 0. The maximum atomic E-state index is 2.89. The van der Waals surface area contributed by atoms with Gasteiger partial charge < -0.3 is 0 Å². The van der Waals surface area contributed by atoms with Crippen molar-refractivity contribution in [3.8, 4) is 0 Å². The van der Waals surface area contributed by atoms with Gasteiger partial charge in [-0.15, -0.1) is 21.6 Å². The van der Waals surface area contributed by atoms with Crippen molar-refractivity contribution < 1.29 is 0 Å². The Labute approximate surface area is 89.7 Å². The summed E-state index contributed by atoms with van der Waals surface area (Å²) >= 11 is 0. The van der Waals surface area contributed by atoms with E-state index in [0.717, 1.165) is 0 Å². The highest BCUT2D eigenvalue weighted by Gasteiger charge is 2.03. The van der Waals surface area contributed by atoms with Gasteiger partial charge in [-0.05, 0) is 31.5 Å². The van der Waals surface area contributed by atoms with Crippen LogP contribution in [0.4, 0.5) is 0 Å². The topological polar surface area (TPSA) is 0 Å². The van der Waals surface area contributed by atoms with Crippen LogP contribution in [0.2, 0.25) is 0 Å². The molecule has 0 N–H and O–H groups in total. The van der Waals surface area contributed by atoms with Gasteiger partial charge in [-0.1, -0.05) is 36.2 Å². The Hall–Kier alpha value is -0.0600. The molecule has 0 saturated carbocycles. The number of halogens is 1. The van der Waals surface area contributed by atoms with Crippen molar-refractivity contribution in [2.45, 2.75) is 32.9 Å². The molecule has 1 rings (SSSR count). The molecule has 0 nitrogen and oxygen atoms in total. The van der Waals surface area contributed by atoms with Gasteiger partial charge in [0.1, 0.15) is 0 Å². The minimum Gasteiger partial charge on any atom is -0.147 e. The molecule has 0 amide bonds. The van der Waals surface area contributed by atoms with Gasteiger partial charge in [0.15, 0.2) is 0 Å². The Bertz CT molecular complexity index is 251. The SMILES string of the molecule is CCC(P)c1cc(C)cc(C)c1.Cl. The van der Waals surface area contributed by atoms with Gasteiger partial charge in [0.25, 0.3) is 0 Å². The van der Waals surface area contributed by atoms with Crippen LogP contribution in [0.3, 0.4) is 0 Å².